The maximum absolute atomic E-state index is 11.3. The Bertz CT molecular complexity index is 561. The van der Waals surface area contributed by atoms with Crippen LogP contribution in [0.25, 0.3) is 0 Å². The molecule has 120 valence electrons. The summed E-state index contributed by atoms with van der Waals surface area (Å²) in [4.78, 5) is 23.7. The van der Waals surface area contributed by atoms with Crippen LogP contribution in [0.4, 0.5) is 5.69 Å². The van der Waals surface area contributed by atoms with Crippen molar-refractivity contribution in [1.82, 2.24) is 4.90 Å². The smallest absolute Gasteiger partial charge is 0.304 e. The molecule has 22 heavy (non-hydrogen) atoms. The molecule has 0 radical (unpaired) electrons. The van der Waals surface area contributed by atoms with Gasteiger partial charge in [-0.05, 0) is 31.2 Å². The standard InChI is InChI=1S/C15H20N2O5/c1-17(7-5-15(20)21)6-4-12(18)10-2-3-13-11(8-10)16-14(19)9-22-13/h2-3,8,12,18H,4-7,9H2,1H3,(H,16,19)(H,20,21). The van der Waals surface area contributed by atoms with E-state index in [-0.39, 0.29) is 18.9 Å². The summed E-state index contributed by atoms with van der Waals surface area (Å²) < 4.78 is 5.27. The highest BCUT2D eigenvalue weighted by atomic mass is 16.5. The molecule has 1 unspecified atom stereocenters. The van der Waals surface area contributed by atoms with Gasteiger partial charge >= 0.3 is 5.97 Å². The minimum atomic E-state index is -0.835. The van der Waals surface area contributed by atoms with Crippen molar-refractivity contribution >= 4 is 17.6 Å². The van der Waals surface area contributed by atoms with Gasteiger partial charge in [0.15, 0.2) is 6.61 Å². The lowest BCUT2D eigenvalue weighted by atomic mass is 10.0. The molecule has 1 aromatic carbocycles. The van der Waals surface area contributed by atoms with Crippen LogP contribution in [0.5, 0.6) is 5.75 Å². The number of anilines is 1. The second-order valence-corrected chi connectivity index (χ2v) is 5.34. The Morgan fingerprint density at radius 2 is 2.23 bits per heavy atom. The molecule has 1 aliphatic heterocycles. The van der Waals surface area contributed by atoms with Crippen molar-refractivity contribution < 1.29 is 24.5 Å². The van der Waals surface area contributed by atoms with Crippen molar-refractivity contribution in [2.75, 3.05) is 32.1 Å². The first-order valence-electron chi connectivity index (χ1n) is 7.10. The number of benzene rings is 1. The molecule has 0 bridgehead atoms. The number of carboxylic acid groups (broad SMARTS) is 1. The molecule has 1 aromatic rings. The molecule has 1 atom stereocenters. The topological polar surface area (TPSA) is 99.1 Å². The predicted octanol–water partition coefficient (Wildman–Crippen LogP) is 0.847. The van der Waals surface area contributed by atoms with Crippen LogP contribution in [-0.2, 0) is 9.59 Å². The molecule has 7 heteroatoms. The minimum absolute atomic E-state index is 0.00325. The van der Waals surface area contributed by atoms with Gasteiger partial charge in [0.05, 0.1) is 18.2 Å². The van der Waals surface area contributed by atoms with E-state index in [1.54, 1.807) is 18.2 Å². The third kappa shape index (κ3) is 4.44. The molecular formula is C15H20N2O5. The average molecular weight is 308 g/mol. The van der Waals surface area contributed by atoms with Gasteiger partial charge in [0.1, 0.15) is 5.75 Å². The number of aliphatic hydroxyl groups excluding tert-OH is 1. The lowest BCUT2D eigenvalue weighted by Gasteiger charge is -2.21. The highest BCUT2D eigenvalue weighted by Gasteiger charge is 2.18. The summed E-state index contributed by atoms with van der Waals surface area (Å²) in [5.74, 6) is -0.459. The van der Waals surface area contributed by atoms with E-state index in [0.29, 0.717) is 36.5 Å². The molecule has 2 rings (SSSR count). The van der Waals surface area contributed by atoms with Crippen LogP contribution < -0.4 is 10.1 Å². The number of hydrogen-bond acceptors (Lipinski definition) is 5. The van der Waals surface area contributed by atoms with Crippen LogP contribution in [0.3, 0.4) is 0 Å². The average Bonchev–Trinajstić information content (AvgIpc) is 2.49. The van der Waals surface area contributed by atoms with E-state index in [1.165, 1.54) is 0 Å². The Hall–Kier alpha value is -2.12. The third-order valence-corrected chi connectivity index (χ3v) is 3.51. The number of hydrogen-bond donors (Lipinski definition) is 3. The zero-order valence-corrected chi connectivity index (χ0v) is 12.4. The van der Waals surface area contributed by atoms with Gasteiger partial charge in [-0.1, -0.05) is 6.07 Å². The van der Waals surface area contributed by atoms with Gasteiger partial charge in [-0.3, -0.25) is 9.59 Å². The molecule has 1 amide bonds. The summed E-state index contributed by atoms with van der Waals surface area (Å²) in [6, 6.07) is 5.19. The summed E-state index contributed by atoms with van der Waals surface area (Å²) in [6.45, 7) is 1.02. The summed E-state index contributed by atoms with van der Waals surface area (Å²) in [5, 5.41) is 21.5. The molecule has 1 heterocycles. The zero-order chi connectivity index (χ0) is 16.1. The molecule has 7 nitrogen and oxygen atoms in total. The van der Waals surface area contributed by atoms with Gasteiger partial charge in [-0.15, -0.1) is 0 Å². The van der Waals surface area contributed by atoms with Crippen molar-refractivity contribution in [3.05, 3.63) is 23.8 Å². The normalized spacial score (nSPS) is 15.0. The zero-order valence-electron chi connectivity index (χ0n) is 12.4. The SMILES string of the molecule is CN(CCC(=O)O)CCC(O)c1ccc2c(c1)NC(=O)CO2. The van der Waals surface area contributed by atoms with E-state index < -0.39 is 12.1 Å². The molecule has 0 fully saturated rings. The maximum atomic E-state index is 11.3. The highest BCUT2D eigenvalue weighted by molar-refractivity contribution is 5.95. The number of fused-ring (bicyclic) bond motifs is 1. The van der Waals surface area contributed by atoms with E-state index in [2.05, 4.69) is 5.32 Å². The Morgan fingerprint density at radius 3 is 2.95 bits per heavy atom. The molecule has 0 saturated carbocycles. The van der Waals surface area contributed by atoms with Gasteiger partial charge in [-0.25, -0.2) is 0 Å². The van der Waals surface area contributed by atoms with E-state index in [4.69, 9.17) is 9.84 Å². The first-order valence-corrected chi connectivity index (χ1v) is 7.10. The van der Waals surface area contributed by atoms with Crippen molar-refractivity contribution in [3.8, 4) is 5.75 Å². The van der Waals surface area contributed by atoms with Gasteiger partial charge in [0.2, 0.25) is 0 Å². The van der Waals surface area contributed by atoms with Crippen LogP contribution in [0, 0.1) is 0 Å². The molecular weight excluding hydrogens is 288 g/mol. The van der Waals surface area contributed by atoms with Crippen LogP contribution in [0.1, 0.15) is 24.5 Å². The van der Waals surface area contributed by atoms with E-state index in [0.717, 1.165) is 0 Å². The van der Waals surface area contributed by atoms with E-state index in [9.17, 15) is 14.7 Å². The summed E-state index contributed by atoms with van der Waals surface area (Å²) in [5.41, 5.74) is 1.25. The molecule has 0 aromatic heterocycles. The second-order valence-electron chi connectivity index (χ2n) is 5.34. The Kier molecular flexibility index (Phi) is 5.35. The number of aliphatic hydroxyl groups is 1. The fourth-order valence-electron chi connectivity index (χ4n) is 2.22. The number of aliphatic carboxylic acids is 1. The Balaban J connectivity index is 1.90. The summed E-state index contributed by atoms with van der Waals surface area (Å²) >= 11 is 0. The molecule has 0 aliphatic carbocycles. The van der Waals surface area contributed by atoms with Crippen LogP contribution in [0.2, 0.25) is 0 Å². The maximum Gasteiger partial charge on any atom is 0.304 e. The number of nitrogens with one attached hydrogen (secondary N) is 1. The number of carbonyl (C=O) groups excluding carboxylic acids is 1. The van der Waals surface area contributed by atoms with Crippen molar-refractivity contribution in [2.45, 2.75) is 18.9 Å². The van der Waals surface area contributed by atoms with Gasteiger partial charge < -0.3 is 25.2 Å². The van der Waals surface area contributed by atoms with Crippen LogP contribution in [0.15, 0.2) is 18.2 Å². The lowest BCUT2D eigenvalue weighted by molar-refractivity contribution is -0.137. The van der Waals surface area contributed by atoms with Gasteiger partial charge in [0, 0.05) is 13.1 Å². The number of nitrogens with zero attached hydrogens (tertiary/aromatic N) is 1. The molecule has 0 spiro atoms. The Labute approximate surface area is 128 Å². The van der Waals surface area contributed by atoms with Crippen molar-refractivity contribution in [3.63, 3.8) is 0 Å². The van der Waals surface area contributed by atoms with E-state index in [1.807, 2.05) is 11.9 Å². The second kappa shape index (κ2) is 7.24. The molecule has 0 saturated heterocycles. The highest BCUT2D eigenvalue weighted by Crippen LogP contribution is 2.31. The Morgan fingerprint density at radius 1 is 1.45 bits per heavy atom. The quantitative estimate of drug-likeness (QED) is 0.690. The van der Waals surface area contributed by atoms with Gasteiger partial charge in [-0.2, -0.15) is 0 Å². The number of ether oxygens (including phenoxy) is 1. The predicted molar refractivity (Wildman–Crippen MR) is 79.9 cm³/mol. The fourth-order valence-corrected chi connectivity index (χ4v) is 2.22. The molecule has 1 aliphatic rings. The summed E-state index contributed by atoms with van der Waals surface area (Å²) in [7, 11) is 1.82. The van der Waals surface area contributed by atoms with Gasteiger partial charge in [0.25, 0.3) is 5.91 Å². The first-order chi connectivity index (χ1) is 10.5. The third-order valence-electron chi connectivity index (χ3n) is 3.51. The number of rotatable bonds is 7. The number of carboxylic acids is 1. The van der Waals surface area contributed by atoms with E-state index >= 15 is 0 Å². The summed E-state index contributed by atoms with van der Waals surface area (Å²) in [6.07, 6.45) is -0.130. The molecule has 3 N–H and O–H groups in total. The number of carbonyl (C=O) groups is 2. The van der Waals surface area contributed by atoms with Crippen molar-refractivity contribution in [2.24, 2.45) is 0 Å². The largest absolute Gasteiger partial charge is 0.482 e. The minimum Gasteiger partial charge on any atom is -0.482 e. The lowest BCUT2D eigenvalue weighted by Crippen LogP contribution is -2.26. The first kappa shape index (κ1) is 16.3. The van der Waals surface area contributed by atoms with Crippen LogP contribution >= 0.6 is 0 Å². The monoisotopic (exact) mass is 308 g/mol. The van der Waals surface area contributed by atoms with Crippen LogP contribution in [-0.4, -0.2) is 53.7 Å². The van der Waals surface area contributed by atoms with Crippen molar-refractivity contribution in [1.29, 1.82) is 0 Å². The number of amides is 1. The fraction of sp³-hybridized carbons (Fsp3) is 0.467.